The van der Waals surface area contributed by atoms with E-state index in [-0.39, 0.29) is 0 Å². The number of anilines is 1. The summed E-state index contributed by atoms with van der Waals surface area (Å²) >= 11 is 1.62. The Balaban J connectivity index is 1.66. The molecule has 0 fully saturated rings. The van der Waals surface area contributed by atoms with Crippen molar-refractivity contribution in [2.75, 3.05) is 5.32 Å². The Morgan fingerprint density at radius 3 is 3.20 bits per heavy atom. The van der Waals surface area contributed by atoms with Gasteiger partial charge in [0.25, 0.3) is 0 Å². The van der Waals surface area contributed by atoms with Gasteiger partial charge in [-0.1, -0.05) is 6.07 Å². The number of hydrogen-bond donors (Lipinski definition) is 1. The highest BCUT2D eigenvalue weighted by atomic mass is 32.1. The van der Waals surface area contributed by atoms with Crippen molar-refractivity contribution in [3.63, 3.8) is 0 Å². The van der Waals surface area contributed by atoms with Gasteiger partial charge in [-0.2, -0.15) is 5.10 Å². The lowest BCUT2D eigenvalue weighted by Gasteiger charge is -2.05. The molecule has 1 N–H and O–H groups in total. The standard InChI is InChI=1S/C14H11N5S/c1-2-5-19-12(3-1)10(8-18-19)7-15-13-11-4-6-20-14(11)17-9-16-13/h1-6,8-9H,7H2,(H,15,16,17). The highest BCUT2D eigenvalue weighted by Crippen LogP contribution is 2.24. The molecule has 4 rings (SSSR count). The Kier molecular flexibility index (Phi) is 2.60. The Labute approximate surface area is 118 Å². The van der Waals surface area contributed by atoms with Crippen LogP contribution in [0.25, 0.3) is 15.7 Å². The van der Waals surface area contributed by atoms with E-state index in [1.807, 2.05) is 40.5 Å². The van der Waals surface area contributed by atoms with Crippen molar-refractivity contribution in [3.8, 4) is 0 Å². The second-order valence-electron chi connectivity index (χ2n) is 4.42. The van der Waals surface area contributed by atoms with E-state index >= 15 is 0 Å². The summed E-state index contributed by atoms with van der Waals surface area (Å²) in [5, 5.41) is 10.8. The second-order valence-corrected chi connectivity index (χ2v) is 5.31. The van der Waals surface area contributed by atoms with Crippen LogP contribution in [0.15, 0.2) is 48.4 Å². The zero-order chi connectivity index (χ0) is 13.4. The lowest BCUT2D eigenvalue weighted by Crippen LogP contribution is -2.01. The van der Waals surface area contributed by atoms with Gasteiger partial charge in [0.1, 0.15) is 17.0 Å². The molecule has 4 aromatic rings. The Morgan fingerprint density at radius 1 is 1.20 bits per heavy atom. The first-order valence-electron chi connectivity index (χ1n) is 6.25. The van der Waals surface area contributed by atoms with Gasteiger partial charge in [0.15, 0.2) is 0 Å². The molecule has 20 heavy (non-hydrogen) atoms. The maximum atomic E-state index is 4.33. The molecule has 0 aliphatic carbocycles. The minimum atomic E-state index is 0.690. The molecule has 0 aliphatic rings. The van der Waals surface area contributed by atoms with Crippen LogP contribution in [0.1, 0.15) is 5.56 Å². The summed E-state index contributed by atoms with van der Waals surface area (Å²) in [6.07, 6.45) is 5.42. The van der Waals surface area contributed by atoms with Gasteiger partial charge < -0.3 is 5.32 Å². The minimum absolute atomic E-state index is 0.690. The van der Waals surface area contributed by atoms with E-state index in [0.29, 0.717) is 6.54 Å². The van der Waals surface area contributed by atoms with E-state index in [4.69, 9.17) is 0 Å². The fourth-order valence-electron chi connectivity index (χ4n) is 2.23. The summed E-state index contributed by atoms with van der Waals surface area (Å²) in [5.74, 6) is 0.867. The SMILES string of the molecule is c1ccn2ncc(CNc3ncnc4sccc34)c2c1. The summed E-state index contributed by atoms with van der Waals surface area (Å²) < 4.78 is 1.87. The van der Waals surface area contributed by atoms with E-state index < -0.39 is 0 Å². The molecule has 5 nitrogen and oxygen atoms in total. The third-order valence-electron chi connectivity index (χ3n) is 3.21. The largest absolute Gasteiger partial charge is 0.365 e. The molecule has 0 aliphatic heterocycles. The fraction of sp³-hybridized carbons (Fsp3) is 0.0714. The van der Waals surface area contributed by atoms with Crippen molar-refractivity contribution in [2.45, 2.75) is 6.54 Å². The molecule has 4 heterocycles. The van der Waals surface area contributed by atoms with E-state index in [1.54, 1.807) is 17.7 Å². The van der Waals surface area contributed by atoms with E-state index in [2.05, 4.69) is 26.4 Å². The smallest absolute Gasteiger partial charge is 0.138 e. The highest BCUT2D eigenvalue weighted by molar-refractivity contribution is 7.16. The molecule has 4 aromatic heterocycles. The number of fused-ring (bicyclic) bond motifs is 2. The van der Waals surface area contributed by atoms with Gasteiger partial charge >= 0.3 is 0 Å². The first kappa shape index (κ1) is 11.4. The monoisotopic (exact) mass is 281 g/mol. The summed E-state index contributed by atoms with van der Waals surface area (Å²) in [5.41, 5.74) is 2.25. The molecule has 0 bridgehead atoms. The van der Waals surface area contributed by atoms with Crippen molar-refractivity contribution >= 4 is 32.9 Å². The molecule has 0 spiro atoms. The van der Waals surface area contributed by atoms with E-state index in [0.717, 1.165) is 27.1 Å². The Morgan fingerprint density at radius 2 is 2.20 bits per heavy atom. The predicted octanol–water partition coefficient (Wildman–Crippen LogP) is 2.95. The quantitative estimate of drug-likeness (QED) is 0.627. The van der Waals surface area contributed by atoms with Crippen LogP contribution in [0.3, 0.4) is 0 Å². The van der Waals surface area contributed by atoms with Crippen LogP contribution in [0.5, 0.6) is 0 Å². The first-order chi connectivity index (χ1) is 9.92. The molecule has 0 unspecified atom stereocenters. The van der Waals surface area contributed by atoms with Crippen LogP contribution in [0.4, 0.5) is 5.82 Å². The van der Waals surface area contributed by atoms with Crippen LogP contribution in [0.2, 0.25) is 0 Å². The molecule has 0 saturated heterocycles. The maximum Gasteiger partial charge on any atom is 0.138 e. The van der Waals surface area contributed by atoms with Crippen molar-refractivity contribution in [1.29, 1.82) is 0 Å². The first-order valence-corrected chi connectivity index (χ1v) is 7.13. The molecule has 0 atom stereocenters. The van der Waals surface area contributed by atoms with Gasteiger partial charge in [0.2, 0.25) is 0 Å². The molecular weight excluding hydrogens is 270 g/mol. The number of nitrogens with one attached hydrogen (secondary N) is 1. The van der Waals surface area contributed by atoms with Crippen LogP contribution in [-0.2, 0) is 6.54 Å². The summed E-state index contributed by atoms with van der Waals surface area (Å²) in [6.45, 7) is 0.690. The van der Waals surface area contributed by atoms with Crippen molar-refractivity contribution in [1.82, 2.24) is 19.6 Å². The van der Waals surface area contributed by atoms with Crippen molar-refractivity contribution in [3.05, 3.63) is 53.9 Å². The van der Waals surface area contributed by atoms with Crippen LogP contribution >= 0.6 is 11.3 Å². The Bertz CT molecular complexity index is 879. The molecule has 0 aromatic carbocycles. The average molecular weight is 281 g/mol. The van der Waals surface area contributed by atoms with Gasteiger partial charge in [0.05, 0.1) is 17.1 Å². The topological polar surface area (TPSA) is 55.1 Å². The highest BCUT2D eigenvalue weighted by Gasteiger charge is 2.06. The predicted molar refractivity (Wildman–Crippen MR) is 79.9 cm³/mol. The average Bonchev–Trinajstić information content (AvgIpc) is 3.12. The number of nitrogens with zero attached hydrogens (tertiary/aromatic N) is 4. The van der Waals surface area contributed by atoms with Gasteiger partial charge in [-0.25, -0.2) is 14.5 Å². The summed E-state index contributed by atoms with van der Waals surface area (Å²) in [6, 6.07) is 8.08. The minimum Gasteiger partial charge on any atom is -0.365 e. The lowest BCUT2D eigenvalue weighted by molar-refractivity contribution is 0.961. The number of thiophene rings is 1. The summed E-state index contributed by atoms with van der Waals surface area (Å²) in [4.78, 5) is 9.57. The van der Waals surface area contributed by atoms with Crippen LogP contribution in [-0.4, -0.2) is 19.6 Å². The van der Waals surface area contributed by atoms with Gasteiger partial charge in [-0.3, -0.25) is 0 Å². The maximum absolute atomic E-state index is 4.33. The van der Waals surface area contributed by atoms with Crippen molar-refractivity contribution in [2.24, 2.45) is 0 Å². The Hall–Kier alpha value is -2.47. The third-order valence-corrected chi connectivity index (χ3v) is 4.04. The van der Waals surface area contributed by atoms with Crippen molar-refractivity contribution < 1.29 is 0 Å². The third kappa shape index (κ3) is 1.81. The molecule has 6 heteroatoms. The van der Waals surface area contributed by atoms with Gasteiger partial charge in [-0.15, -0.1) is 11.3 Å². The van der Waals surface area contributed by atoms with E-state index in [1.165, 1.54) is 0 Å². The van der Waals surface area contributed by atoms with Crippen LogP contribution < -0.4 is 5.32 Å². The normalized spacial score (nSPS) is 11.2. The molecular formula is C14H11N5S. The molecule has 98 valence electrons. The number of pyridine rings is 1. The lowest BCUT2D eigenvalue weighted by atomic mass is 10.2. The fourth-order valence-corrected chi connectivity index (χ4v) is 2.97. The van der Waals surface area contributed by atoms with E-state index in [9.17, 15) is 0 Å². The zero-order valence-corrected chi connectivity index (χ0v) is 11.3. The van der Waals surface area contributed by atoms with Crippen LogP contribution in [0, 0.1) is 0 Å². The number of hydrogen-bond acceptors (Lipinski definition) is 5. The van der Waals surface area contributed by atoms with Gasteiger partial charge in [-0.05, 0) is 23.6 Å². The summed E-state index contributed by atoms with van der Waals surface area (Å²) in [7, 11) is 0. The molecule has 0 saturated carbocycles. The molecule has 0 radical (unpaired) electrons. The van der Waals surface area contributed by atoms with Gasteiger partial charge in [0, 0.05) is 18.3 Å². The zero-order valence-electron chi connectivity index (χ0n) is 10.5. The second kappa shape index (κ2) is 4.57. The number of rotatable bonds is 3. The number of aromatic nitrogens is 4. The molecule has 0 amide bonds.